The lowest BCUT2D eigenvalue weighted by atomic mass is 10.0. The number of rotatable bonds is 3. The molecule has 0 radical (unpaired) electrons. The first-order valence-corrected chi connectivity index (χ1v) is 7.82. The average molecular weight is 318 g/mol. The third-order valence-electron chi connectivity index (χ3n) is 3.18. The molecule has 0 amide bonds. The van der Waals surface area contributed by atoms with Crippen LogP contribution in [0, 0.1) is 5.82 Å². The van der Waals surface area contributed by atoms with Crippen LogP contribution in [-0.4, -0.2) is 17.0 Å². The van der Waals surface area contributed by atoms with E-state index in [1.807, 2.05) is 17.8 Å². The highest BCUT2D eigenvalue weighted by Gasteiger charge is 2.22. The normalized spacial score (nSPS) is 22.4. The maximum atomic E-state index is 13.4. The predicted molar refractivity (Wildman–Crippen MR) is 75.9 cm³/mol. The van der Waals surface area contributed by atoms with Gasteiger partial charge in [0.25, 0.3) is 0 Å². The lowest BCUT2D eigenvalue weighted by molar-refractivity contribution is 0.555. The van der Waals surface area contributed by atoms with Gasteiger partial charge in [-0.3, -0.25) is 0 Å². The summed E-state index contributed by atoms with van der Waals surface area (Å²) < 4.78 is 13.9. The fourth-order valence-corrected chi connectivity index (χ4v) is 3.97. The Bertz CT molecular complexity index is 380. The first-order valence-electron chi connectivity index (χ1n) is 5.98. The standard InChI is InChI=1S/C13H17BrFNS/c14-13-9(4-3-5-10(13)15)8-11(16)12-6-1-2-7-17-12/h3-5,11-12H,1-2,6-8,16H2. The molecule has 1 aromatic rings. The number of thioether (sulfide) groups is 1. The molecule has 2 atom stereocenters. The van der Waals surface area contributed by atoms with E-state index in [-0.39, 0.29) is 11.9 Å². The SMILES string of the molecule is NC(Cc1cccc(F)c1Br)C1CCCCS1. The molecule has 2 unspecified atom stereocenters. The van der Waals surface area contributed by atoms with Crippen LogP contribution in [0.2, 0.25) is 0 Å². The van der Waals surface area contributed by atoms with Crippen LogP contribution in [-0.2, 0) is 6.42 Å². The van der Waals surface area contributed by atoms with Gasteiger partial charge in [-0.1, -0.05) is 18.6 Å². The summed E-state index contributed by atoms with van der Waals surface area (Å²) in [4.78, 5) is 0. The lowest BCUT2D eigenvalue weighted by Gasteiger charge is -2.27. The van der Waals surface area contributed by atoms with Gasteiger partial charge >= 0.3 is 0 Å². The molecule has 0 aromatic heterocycles. The molecule has 2 rings (SSSR count). The van der Waals surface area contributed by atoms with Gasteiger partial charge in [0.2, 0.25) is 0 Å². The molecule has 4 heteroatoms. The van der Waals surface area contributed by atoms with Gasteiger partial charge in [-0.15, -0.1) is 0 Å². The largest absolute Gasteiger partial charge is 0.326 e. The van der Waals surface area contributed by atoms with Crippen molar-refractivity contribution in [2.45, 2.75) is 37.0 Å². The van der Waals surface area contributed by atoms with Crippen LogP contribution in [0.15, 0.2) is 22.7 Å². The predicted octanol–water partition coefficient (Wildman–Crippen LogP) is 3.74. The summed E-state index contributed by atoms with van der Waals surface area (Å²) >= 11 is 5.26. The van der Waals surface area contributed by atoms with Crippen molar-refractivity contribution in [2.24, 2.45) is 5.73 Å². The first-order chi connectivity index (χ1) is 8.18. The van der Waals surface area contributed by atoms with Gasteiger partial charge in [-0.2, -0.15) is 11.8 Å². The zero-order chi connectivity index (χ0) is 12.3. The second kappa shape index (κ2) is 6.21. The average Bonchev–Trinajstić information content (AvgIpc) is 2.36. The molecule has 1 nitrogen and oxygen atoms in total. The van der Waals surface area contributed by atoms with Crippen molar-refractivity contribution in [3.05, 3.63) is 34.1 Å². The Morgan fingerprint density at radius 3 is 3.00 bits per heavy atom. The van der Waals surface area contributed by atoms with Crippen molar-refractivity contribution in [3.8, 4) is 0 Å². The van der Waals surface area contributed by atoms with Crippen LogP contribution in [0.3, 0.4) is 0 Å². The molecule has 1 heterocycles. The van der Waals surface area contributed by atoms with Gasteiger partial charge in [0, 0.05) is 11.3 Å². The van der Waals surface area contributed by atoms with Crippen LogP contribution in [0.5, 0.6) is 0 Å². The lowest BCUT2D eigenvalue weighted by Crippen LogP contribution is -2.36. The highest BCUT2D eigenvalue weighted by molar-refractivity contribution is 9.10. The maximum Gasteiger partial charge on any atom is 0.137 e. The minimum atomic E-state index is -0.203. The quantitative estimate of drug-likeness (QED) is 0.919. The Morgan fingerprint density at radius 2 is 2.29 bits per heavy atom. The number of halogens is 2. The highest BCUT2D eigenvalue weighted by atomic mass is 79.9. The van der Waals surface area contributed by atoms with Gasteiger partial charge in [0.05, 0.1) is 4.47 Å². The van der Waals surface area contributed by atoms with Gasteiger partial charge in [-0.25, -0.2) is 4.39 Å². The Hall–Kier alpha value is -0.0600. The summed E-state index contributed by atoms with van der Waals surface area (Å²) in [6.07, 6.45) is 4.52. The summed E-state index contributed by atoms with van der Waals surface area (Å²) in [6.45, 7) is 0. The van der Waals surface area contributed by atoms with Gasteiger partial charge < -0.3 is 5.73 Å². The molecule has 1 aliphatic heterocycles. The fraction of sp³-hybridized carbons (Fsp3) is 0.538. The monoisotopic (exact) mass is 317 g/mol. The summed E-state index contributed by atoms with van der Waals surface area (Å²) in [6, 6.07) is 5.28. The number of benzene rings is 1. The minimum Gasteiger partial charge on any atom is -0.326 e. The molecule has 17 heavy (non-hydrogen) atoms. The van der Waals surface area contributed by atoms with Gasteiger partial charge in [-0.05, 0) is 52.6 Å². The van der Waals surface area contributed by atoms with E-state index < -0.39 is 0 Å². The first kappa shape index (κ1) is 13.4. The molecule has 1 aromatic carbocycles. The van der Waals surface area contributed by atoms with Crippen LogP contribution < -0.4 is 5.73 Å². The molecular weight excluding hydrogens is 301 g/mol. The van der Waals surface area contributed by atoms with Gasteiger partial charge in [0.1, 0.15) is 5.82 Å². The smallest absolute Gasteiger partial charge is 0.137 e. The highest BCUT2D eigenvalue weighted by Crippen LogP contribution is 2.29. The molecule has 94 valence electrons. The molecule has 1 fully saturated rings. The van der Waals surface area contributed by atoms with E-state index in [2.05, 4.69) is 15.9 Å². The summed E-state index contributed by atoms with van der Waals surface area (Å²) in [5.74, 6) is 1.01. The van der Waals surface area contributed by atoms with E-state index in [1.54, 1.807) is 6.07 Å². The maximum absolute atomic E-state index is 13.4. The Morgan fingerprint density at radius 1 is 1.47 bits per heavy atom. The molecule has 0 bridgehead atoms. The summed E-state index contributed by atoms with van der Waals surface area (Å²) in [7, 11) is 0. The molecular formula is C13H17BrFNS. The topological polar surface area (TPSA) is 26.0 Å². The molecule has 2 N–H and O–H groups in total. The van der Waals surface area contributed by atoms with Crippen LogP contribution in [0.1, 0.15) is 24.8 Å². The van der Waals surface area contributed by atoms with Crippen LogP contribution in [0.25, 0.3) is 0 Å². The molecule has 0 saturated carbocycles. The number of hydrogen-bond acceptors (Lipinski definition) is 2. The zero-order valence-corrected chi connectivity index (χ0v) is 12.1. The van der Waals surface area contributed by atoms with Crippen molar-refractivity contribution in [2.75, 3.05) is 5.75 Å². The van der Waals surface area contributed by atoms with Crippen molar-refractivity contribution < 1.29 is 4.39 Å². The Kier molecular flexibility index (Phi) is 4.88. The van der Waals surface area contributed by atoms with E-state index in [0.29, 0.717) is 9.72 Å². The molecule has 0 aliphatic carbocycles. The van der Waals surface area contributed by atoms with Crippen LogP contribution >= 0.6 is 27.7 Å². The van der Waals surface area contributed by atoms with E-state index in [9.17, 15) is 4.39 Å². The molecule has 1 saturated heterocycles. The second-order valence-electron chi connectivity index (χ2n) is 4.49. The summed E-state index contributed by atoms with van der Waals surface area (Å²) in [5.41, 5.74) is 7.21. The fourth-order valence-electron chi connectivity index (χ4n) is 2.19. The number of hydrogen-bond donors (Lipinski definition) is 1. The van der Waals surface area contributed by atoms with E-state index in [0.717, 1.165) is 12.0 Å². The van der Waals surface area contributed by atoms with Crippen LogP contribution in [0.4, 0.5) is 4.39 Å². The van der Waals surface area contributed by atoms with Crippen molar-refractivity contribution in [3.63, 3.8) is 0 Å². The van der Waals surface area contributed by atoms with E-state index >= 15 is 0 Å². The minimum absolute atomic E-state index is 0.124. The van der Waals surface area contributed by atoms with Crippen molar-refractivity contribution >= 4 is 27.7 Å². The third-order valence-corrected chi connectivity index (χ3v) is 5.61. The zero-order valence-electron chi connectivity index (χ0n) is 9.66. The number of nitrogens with two attached hydrogens (primary N) is 1. The van der Waals surface area contributed by atoms with Crippen molar-refractivity contribution in [1.29, 1.82) is 0 Å². The Labute approximate surface area is 114 Å². The van der Waals surface area contributed by atoms with E-state index in [1.165, 1.54) is 31.1 Å². The third kappa shape index (κ3) is 3.46. The summed E-state index contributed by atoms with van der Waals surface area (Å²) in [5, 5.41) is 0.527. The Balaban J connectivity index is 2.01. The molecule has 1 aliphatic rings. The molecule has 0 spiro atoms. The van der Waals surface area contributed by atoms with E-state index in [4.69, 9.17) is 5.73 Å². The van der Waals surface area contributed by atoms with Gasteiger partial charge in [0.15, 0.2) is 0 Å². The second-order valence-corrected chi connectivity index (χ2v) is 6.63. The van der Waals surface area contributed by atoms with Crippen molar-refractivity contribution in [1.82, 2.24) is 0 Å².